The van der Waals surface area contributed by atoms with E-state index in [1.54, 1.807) is 6.20 Å². The molecule has 1 aliphatic carbocycles. The smallest absolute Gasteiger partial charge is 0.234 e. The summed E-state index contributed by atoms with van der Waals surface area (Å²) in [7, 11) is 0. The molecule has 0 unspecified atom stereocenters. The maximum atomic E-state index is 5.60. The van der Waals surface area contributed by atoms with Crippen LogP contribution in [0.15, 0.2) is 12.4 Å². The second-order valence-corrected chi connectivity index (χ2v) is 6.03. The summed E-state index contributed by atoms with van der Waals surface area (Å²) < 4.78 is 5.60. The Morgan fingerprint density at radius 1 is 1.30 bits per heavy atom. The van der Waals surface area contributed by atoms with Crippen molar-refractivity contribution >= 4 is 21.7 Å². The molecule has 0 aliphatic heterocycles. The van der Waals surface area contributed by atoms with E-state index in [-0.39, 0.29) is 0 Å². The predicted octanol–water partition coefficient (Wildman–Crippen LogP) is 3.80. The van der Waals surface area contributed by atoms with E-state index in [2.05, 4.69) is 37.7 Å². The lowest BCUT2D eigenvalue weighted by Crippen LogP contribution is -2.38. The Balaban J connectivity index is 2.10. The fraction of sp³-hybridized carbons (Fsp3) is 0.733. The standard InChI is InChI=1S/C15H24BrN3O/c1-2-10-20-15-12-17-11-14(18-15)19(9-8-16)13-6-4-3-5-7-13/h11-13H,2-10H2,1H3. The topological polar surface area (TPSA) is 38.2 Å². The SMILES string of the molecule is CCCOc1cncc(N(CCBr)C2CCCCC2)n1. The van der Waals surface area contributed by atoms with E-state index in [9.17, 15) is 0 Å². The number of anilines is 1. The second-order valence-electron chi connectivity index (χ2n) is 5.24. The van der Waals surface area contributed by atoms with Gasteiger partial charge in [-0.1, -0.05) is 42.1 Å². The van der Waals surface area contributed by atoms with Gasteiger partial charge in [0.25, 0.3) is 0 Å². The summed E-state index contributed by atoms with van der Waals surface area (Å²) in [6.45, 7) is 3.76. The maximum absolute atomic E-state index is 5.60. The van der Waals surface area contributed by atoms with Crippen molar-refractivity contribution < 1.29 is 4.74 Å². The van der Waals surface area contributed by atoms with Gasteiger partial charge in [0.1, 0.15) is 0 Å². The molecule has 1 aromatic rings. The molecule has 1 saturated carbocycles. The molecule has 0 aromatic carbocycles. The first-order valence-electron chi connectivity index (χ1n) is 7.62. The van der Waals surface area contributed by atoms with Crippen molar-refractivity contribution in [2.75, 3.05) is 23.4 Å². The van der Waals surface area contributed by atoms with Crippen LogP contribution in [-0.2, 0) is 0 Å². The van der Waals surface area contributed by atoms with Gasteiger partial charge < -0.3 is 9.64 Å². The van der Waals surface area contributed by atoms with Gasteiger partial charge in [-0.05, 0) is 19.3 Å². The van der Waals surface area contributed by atoms with Crippen LogP contribution >= 0.6 is 15.9 Å². The number of aromatic nitrogens is 2. The normalized spacial score (nSPS) is 16.1. The average molecular weight is 342 g/mol. The summed E-state index contributed by atoms with van der Waals surface area (Å²) in [4.78, 5) is 11.3. The van der Waals surface area contributed by atoms with Gasteiger partial charge in [0.05, 0.1) is 19.0 Å². The summed E-state index contributed by atoms with van der Waals surface area (Å²) in [5.74, 6) is 1.59. The summed E-state index contributed by atoms with van der Waals surface area (Å²) >= 11 is 3.55. The van der Waals surface area contributed by atoms with Crippen LogP contribution in [0.25, 0.3) is 0 Å². The first-order valence-corrected chi connectivity index (χ1v) is 8.74. The third-order valence-corrected chi connectivity index (χ3v) is 4.04. The van der Waals surface area contributed by atoms with Crippen LogP contribution in [0.4, 0.5) is 5.82 Å². The van der Waals surface area contributed by atoms with Crippen LogP contribution in [0.5, 0.6) is 5.88 Å². The summed E-state index contributed by atoms with van der Waals surface area (Å²) in [5, 5.41) is 0.950. The van der Waals surface area contributed by atoms with Crippen molar-refractivity contribution in [3.63, 3.8) is 0 Å². The molecule has 1 fully saturated rings. The zero-order chi connectivity index (χ0) is 14.2. The molecule has 1 heterocycles. The number of alkyl halides is 1. The van der Waals surface area contributed by atoms with Crippen molar-refractivity contribution in [1.29, 1.82) is 0 Å². The molecular weight excluding hydrogens is 318 g/mol. The van der Waals surface area contributed by atoms with E-state index in [0.717, 1.165) is 24.1 Å². The van der Waals surface area contributed by atoms with Crippen molar-refractivity contribution in [2.24, 2.45) is 0 Å². The van der Waals surface area contributed by atoms with Crippen molar-refractivity contribution in [3.8, 4) is 5.88 Å². The summed E-state index contributed by atoms with van der Waals surface area (Å²) in [6, 6.07) is 0.594. The monoisotopic (exact) mass is 341 g/mol. The number of hydrogen-bond donors (Lipinski definition) is 0. The van der Waals surface area contributed by atoms with Crippen molar-refractivity contribution in [3.05, 3.63) is 12.4 Å². The minimum Gasteiger partial charge on any atom is -0.477 e. The van der Waals surface area contributed by atoms with E-state index in [4.69, 9.17) is 4.74 Å². The number of nitrogens with zero attached hydrogens (tertiary/aromatic N) is 3. The highest BCUT2D eigenvalue weighted by Gasteiger charge is 2.22. The van der Waals surface area contributed by atoms with Crippen LogP contribution in [0.3, 0.4) is 0 Å². The molecule has 5 heteroatoms. The molecule has 0 radical (unpaired) electrons. The van der Waals surface area contributed by atoms with E-state index in [1.165, 1.54) is 32.1 Å². The van der Waals surface area contributed by atoms with Gasteiger partial charge >= 0.3 is 0 Å². The van der Waals surface area contributed by atoms with Gasteiger partial charge in [-0.25, -0.2) is 0 Å². The summed E-state index contributed by atoms with van der Waals surface area (Å²) in [5.41, 5.74) is 0. The molecule has 112 valence electrons. The molecular formula is C15H24BrN3O. The molecule has 2 rings (SSSR count). The fourth-order valence-corrected chi connectivity index (χ4v) is 3.10. The van der Waals surface area contributed by atoms with Crippen LogP contribution < -0.4 is 9.64 Å². The Hall–Kier alpha value is -0.840. The number of hydrogen-bond acceptors (Lipinski definition) is 4. The largest absolute Gasteiger partial charge is 0.477 e. The lowest BCUT2D eigenvalue weighted by molar-refractivity contribution is 0.303. The fourth-order valence-electron chi connectivity index (χ4n) is 2.72. The highest BCUT2D eigenvalue weighted by molar-refractivity contribution is 9.09. The van der Waals surface area contributed by atoms with Crippen molar-refractivity contribution in [2.45, 2.75) is 51.5 Å². The van der Waals surface area contributed by atoms with Crippen LogP contribution in [-0.4, -0.2) is 34.5 Å². The Morgan fingerprint density at radius 2 is 2.10 bits per heavy atom. The third kappa shape index (κ3) is 4.33. The zero-order valence-electron chi connectivity index (χ0n) is 12.2. The van der Waals surface area contributed by atoms with E-state index >= 15 is 0 Å². The van der Waals surface area contributed by atoms with Gasteiger partial charge in [0.15, 0.2) is 5.82 Å². The molecule has 0 atom stereocenters. The quantitative estimate of drug-likeness (QED) is 0.707. The van der Waals surface area contributed by atoms with Gasteiger partial charge in [0.2, 0.25) is 5.88 Å². The Morgan fingerprint density at radius 3 is 2.80 bits per heavy atom. The van der Waals surface area contributed by atoms with E-state index in [1.807, 2.05) is 6.20 Å². The molecule has 4 nitrogen and oxygen atoms in total. The number of rotatable bonds is 7. The molecule has 1 aromatic heterocycles. The highest BCUT2D eigenvalue weighted by atomic mass is 79.9. The van der Waals surface area contributed by atoms with Crippen molar-refractivity contribution in [1.82, 2.24) is 9.97 Å². The predicted molar refractivity (Wildman–Crippen MR) is 85.8 cm³/mol. The highest BCUT2D eigenvalue weighted by Crippen LogP contribution is 2.26. The van der Waals surface area contributed by atoms with Crippen LogP contribution in [0.1, 0.15) is 45.4 Å². The first kappa shape index (κ1) is 15.5. The maximum Gasteiger partial charge on any atom is 0.234 e. The Bertz CT molecular complexity index is 396. The average Bonchev–Trinajstić information content (AvgIpc) is 2.52. The number of halogens is 1. The molecule has 20 heavy (non-hydrogen) atoms. The minimum atomic E-state index is 0.594. The van der Waals surface area contributed by atoms with Gasteiger partial charge in [0, 0.05) is 17.9 Å². The van der Waals surface area contributed by atoms with E-state index < -0.39 is 0 Å². The lowest BCUT2D eigenvalue weighted by Gasteiger charge is -2.34. The van der Waals surface area contributed by atoms with E-state index in [0.29, 0.717) is 18.5 Å². The molecule has 0 bridgehead atoms. The van der Waals surface area contributed by atoms with Gasteiger partial charge in [-0.15, -0.1) is 0 Å². The lowest BCUT2D eigenvalue weighted by atomic mass is 9.94. The number of ether oxygens (including phenoxy) is 1. The van der Waals surface area contributed by atoms with Crippen LogP contribution in [0.2, 0.25) is 0 Å². The molecule has 1 aliphatic rings. The second kappa shape index (κ2) is 8.45. The molecule has 0 N–H and O–H groups in total. The minimum absolute atomic E-state index is 0.594. The Kier molecular flexibility index (Phi) is 6.57. The zero-order valence-corrected chi connectivity index (χ0v) is 13.8. The first-order chi connectivity index (χ1) is 9.85. The van der Waals surface area contributed by atoms with Gasteiger partial charge in [-0.2, -0.15) is 4.98 Å². The molecule has 0 amide bonds. The molecule has 0 saturated heterocycles. The van der Waals surface area contributed by atoms with Crippen LogP contribution in [0, 0.1) is 0 Å². The summed E-state index contributed by atoms with van der Waals surface area (Å²) in [6.07, 6.45) is 11.1. The Labute approximate surface area is 130 Å². The third-order valence-electron chi connectivity index (χ3n) is 3.69. The van der Waals surface area contributed by atoms with Gasteiger partial charge in [-0.3, -0.25) is 4.98 Å². The molecule has 0 spiro atoms.